The molecule has 2 aromatic rings. The van der Waals surface area contributed by atoms with Gasteiger partial charge in [0.15, 0.2) is 5.78 Å². The summed E-state index contributed by atoms with van der Waals surface area (Å²) in [6.45, 7) is 3.06. The summed E-state index contributed by atoms with van der Waals surface area (Å²) in [6, 6.07) is 9.01. The van der Waals surface area contributed by atoms with Gasteiger partial charge in [-0.15, -0.1) is 0 Å². The third-order valence-electron chi connectivity index (χ3n) is 3.95. The summed E-state index contributed by atoms with van der Waals surface area (Å²) in [6.07, 6.45) is 1.34. The summed E-state index contributed by atoms with van der Waals surface area (Å²) < 4.78 is 14.8. The molecule has 152 valence electrons. The van der Waals surface area contributed by atoms with E-state index in [1.165, 1.54) is 37.6 Å². The molecule has 1 aromatic carbocycles. The molecular formula is C21H21NO7. The summed E-state index contributed by atoms with van der Waals surface area (Å²) in [5.41, 5.74) is -0.0805. The van der Waals surface area contributed by atoms with E-state index in [4.69, 9.17) is 14.2 Å². The predicted molar refractivity (Wildman–Crippen MR) is 102 cm³/mol. The van der Waals surface area contributed by atoms with Crippen LogP contribution in [0.2, 0.25) is 0 Å². The summed E-state index contributed by atoms with van der Waals surface area (Å²) in [4.78, 5) is 54.4. The summed E-state index contributed by atoms with van der Waals surface area (Å²) in [7, 11) is 1.50. The van der Waals surface area contributed by atoms with E-state index in [-0.39, 0.29) is 30.0 Å². The molecule has 0 radical (unpaired) electrons. The standard InChI is InChI=1S/C21H21NO7/c1-4-28-20(25)16(21(26)29-5-2)19(24)15-7-6-12-22-17(15)18(23)13-8-10-14(27-3)11-9-13/h6-12,16H,4-5H2,1-3H3. The van der Waals surface area contributed by atoms with Crippen LogP contribution in [0, 0.1) is 5.92 Å². The second-order valence-corrected chi connectivity index (χ2v) is 5.76. The molecule has 0 N–H and O–H groups in total. The number of esters is 2. The van der Waals surface area contributed by atoms with Crippen molar-refractivity contribution in [3.05, 3.63) is 59.4 Å². The van der Waals surface area contributed by atoms with Crippen molar-refractivity contribution in [1.82, 2.24) is 4.98 Å². The zero-order valence-electron chi connectivity index (χ0n) is 16.3. The van der Waals surface area contributed by atoms with Crippen molar-refractivity contribution in [2.24, 2.45) is 5.92 Å². The fourth-order valence-corrected chi connectivity index (χ4v) is 2.58. The SMILES string of the molecule is CCOC(=O)C(C(=O)OCC)C(=O)c1cccnc1C(=O)c1ccc(OC)cc1. The van der Waals surface area contributed by atoms with Crippen molar-refractivity contribution in [3.63, 3.8) is 0 Å². The molecule has 0 bridgehead atoms. The first-order valence-electron chi connectivity index (χ1n) is 8.95. The van der Waals surface area contributed by atoms with Crippen LogP contribution in [0.1, 0.15) is 40.3 Å². The average Bonchev–Trinajstić information content (AvgIpc) is 2.73. The first-order valence-corrected chi connectivity index (χ1v) is 8.95. The molecule has 1 heterocycles. The molecule has 8 heteroatoms. The Kier molecular flexibility index (Phi) is 7.59. The van der Waals surface area contributed by atoms with Crippen LogP contribution < -0.4 is 4.74 Å². The molecule has 0 saturated carbocycles. The second kappa shape index (κ2) is 10.1. The number of carbonyl (C=O) groups is 4. The third-order valence-corrected chi connectivity index (χ3v) is 3.95. The van der Waals surface area contributed by atoms with Crippen LogP contribution in [0.5, 0.6) is 5.75 Å². The lowest BCUT2D eigenvalue weighted by atomic mass is 9.93. The van der Waals surface area contributed by atoms with Gasteiger partial charge >= 0.3 is 11.9 Å². The number of hydrogen-bond donors (Lipinski definition) is 0. The van der Waals surface area contributed by atoms with Gasteiger partial charge in [0.05, 0.1) is 20.3 Å². The van der Waals surface area contributed by atoms with E-state index >= 15 is 0 Å². The molecule has 0 spiro atoms. The number of ketones is 2. The molecule has 8 nitrogen and oxygen atoms in total. The lowest BCUT2D eigenvalue weighted by molar-refractivity contribution is -0.158. The number of Topliss-reactive ketones (excluding diaryl/α,β-unsaturated/α-hetero) is 1. The fourth-order valence-electron chi connectivity index (χ4n) is 2.58. The van der Waals surface area contributed by atoms with E-state index in [1.807, 2.05) is 0 Å². The van der Waals surface area contributed by atoms with Crippen molar-refractivity contribution >= 4 is 23.5 Å². The topological polar surface area (TPSA) is 109 Å². The molecule has 0 aliphatic heterocycles. The summed E-state index contributed by atoms with van der Waals surface area (Å²) in [5.74, 6) is -4.80. The monoisotopic (exact) mass is 399 g/mol. The van der Waals surface area contributed by atoms with Gasteiger partial charge in [0.2, 0.25) is 11.7 Å². The maximum Gasteiger partial charge on any atom is 0.328 e. The molecule has 0 aliphatic carbocycles. The number of methoxy groups -OCH3 is 1. The maximum absolute atomic E-state index is 13.0. The smallest absolute Gasteiger partial charge is 0.328 e. The van der Waals surface area contributed by atoms with Crippen molar-refractivity contribution < 1.29 is 33.4 Å². The quantitative estimate of drug-likeness (QED) is 0.359. The van der Waals surface area contributed by atoms with Gasteiger partial charge in [-0.25, -0.2) is 0 Å². The van der Waals surface area contributed by atoms with Crippen LogP contribution in [0.3, 0.4) is 0 Å². The van der Waals surface area contributed by atoms with E-state index in [0.29, 0.717) is 5.75 Å². The molecule has 0 saturated heterocycles. The first-order chi connectivity index (χ1) is 13.9. The Balaban J connectivity index is 2.45. The minimum Gasteiger partial charge on any atom is -0.497 e. The van der Waals surface area contributed by atoms with E-state index in [1.54, 1.807) is 26.0 Å². The van der Waals surface area contributed by atoms with Gasteiger partial charge in [0.25, 0.3) is 0 Å². The molecule has 2 rings (SSSR count). The molecular weight excluding hydrogens is 378 g/mol. The number of pyridine rings is 1. The highest BCUT2D eigenvalue weighted by molar-refractivity contribution is 6.24. The highest BCUT2D eigenvalue weighted by atomic mass is 16.6. The number of ether oxygens (including phenoxy) is 3. The Morgan fingerprint density at radius 1 is 0.931 bits per heavy atom. The molecule has 0 amide bonds. The number of nitrogens with zero attached hydrogens (tertiary/aromatic N) is 1. The minimum absolute atomic E-state index is 0.0211. The van der Waals surface area contributed by atoms with Gasteiger partial charge in [-0.3, -0.25) is 24.2 Å². The van der Waals surface area contributed by atoms with Gasteiger partial charge in [0, 0.05) is 17.3 Å². The molecule has 0 unspecified atom stereocenters. The Morgan fingerprint density at radius 2 is 1.52 bits per heavy atom. The molecule has 29 heavy (non-hydrogen) atoms. The highest BCUT2D eigenvalue weighted by Gasteiger charge is 2.39. The molecule has 1 aromatic heterocycles. The van der Waals surface area contributed by atoms with E-state index < -0.39 is 29.4 Å². The first kappa shape index (κ1) is 21.7. The average molecular weight is 399 g/mol. The number of rotatable bonds is 9. The van der Waals surface area contributed by atoms with Crippen LogP contribution in [0.25, 0.3) is 0 Å². The Bertz CT molecular complexity index is 888. The van der Waals surface area contributed by atoms with Crippen molar-refractivity contribution in [2.75, 3.05) is 20.3 Å². The second-order valence-electron chi connectivity index (χ2n) is 5.76. The largest absolute Gasteiger partial charge is 0.497 e. The van der Waals surface area contributed by atoms with Crippen LogP contribution >= 0.6 is 0 Å². The number of aromatic nitrogens is 1. The zero-order valence-corrected chi connectivity index (χ0v) is 16.3. The fraction of sp³-hybridized carbons (Fsp3) is 0.286. The molecule has 0 aliphatic rings. The highest BCUT2D eigenvalue weighted by Crippen LogP contribution is 2.20. The van der Waals surface area contributed by atoms with Gasteiger partial charge in [-0.05, 0) is 50.2 Å². The van der Waals surface area contributed by atoms with Gasteiger partial charge in [0.1, 0.15) is 11.4 Å². The number of carbonyl (C=O) groups excluding carboxylic acids is 4. The lowest BCUT2D eigenvalue weighted by Gasteiger charge is -2.15. The number of hydrogen-bond acceptors (Lipinski definition) is 8. The predicted octanol–water partition coefficient (Wildman–Crippen LogP) is 2.25. The molecule has 0 atom stereocenters. The van der Waals surface area contributed by atoms with Gasteiger partial charge in [-0.2, -0.15) is 0 Å². The third kappa shape index (κ3) is 5.04. The summed E-state index contributed by atoms with van der Waals surface area (Å²) in [5, 5.41) is 0. The molecule has 0 fully saturated rings. The van der Waals surface area contributed by atoms with Crippen molar-refractivity contribution in [2.45, 2.75) is 13.8 Å². The van der Waals surface area contributed by atoms with Crippen LogP contribution in [0.4, 0.5) is 0 Å². The van der Waals surface area contributed by atoms with Crippen molar-refractivity contribution in [3.8, 4) is 5.75 Å². The van der Waals surface area contributed by atoms with Crippen LogP contribution in [0.15, 0.2) is 42.6 Å². The Hall–Kier alpha value is -3.55. The normalized spacial score (nSPS) is 10.3. The van der Waals surface area contributed by atoms with Gasteiger partial charge < -0.3 is 14.2 Å². The number of benzene rings is 1. The van der Waals surface area contributed by atoms with E-state index in [2.05, 4.69) is 4.98 Å². The Morgan fingerprint density at radius 3 is 2.03 bits per heavy atom. The maximum atomic E-state index is 13.0. The van der Waals surface area contributed by atoms with Gasteiger partial charge in [-0.1, -0.05) is 0 Å². The Labute approximate surface area is 167 Å². The lowest BCUT2D eigenvalue weighted by Crippen LogP contribution is -2.36. The summed E-state index contributed by atoms with van der Waals surface area (Å²) >= 11 is 0. The van der Waals surface area contributed by atoms with Crippen LogP contribution in [-0.4, -0.2) is 48.8 Å². The van der Waals surface area contributed by atoms with Crippen LogP contribution in [-0.2, 0) is 19.1 Å². The van der Waals surface area contributed by atoms with E-state index in [9.17, 15) is 19.2 Å². The zero-order chi connectivity index (χ0) is 21.4. The van der Waals surface area contributed by atoms with Crippen molar-refractivity contribution in [1.29, 1.82) is 0 Å². The minimum atomic E-state index is -1.83. The van der Waals surface area contributed by atoms with E-state index in [0.717, 1.165) is 0 Å².